The van der Waals surface area contributed by atoms with E-state index in [9.17, 15) is 0 Å². The van der Waals surface area contributed by atoms with Crippen molar-refractivity contribution in [3.8, 4) is 0 Å². The molecule has 1 atom stereocenters. The zero-order chi connectivity index (χ0) is 10.7. The number of nitrogens with one attached hydrogen (secondary N) is 1. The highest BCUT2D eigenvalue weighted by Gasteiger charge is 2.23. The van der Waals surface area contributed by atoms with Crippen LogP contribution >= 0.6 is 0 Å². The van der Waals surface area contributed by atoms with Crippen LogP contribution in [0.15, 0.2) is 12.4 Å². The molecule has 1 unspecified atom stereocenters. The highest BCUT2D eigenvalue weighted by Crippen LogP contribution is 2.28. The van der Waals surface area contributed by atoms with Gasteiger partial charge in [-0.3, -0.25) is 4.68 Å². The second-order valence-electron chi connectivity index (χ2n) is 4.67. The predicted molar refractivity (Wildman–Crippen MR) is 61.7 cm³/mol. The van der Waals surface area contributed by atoms with Crippen LogP contribution in [0.2, 0.25) is 0 Å². The molecule has 84 valence electrons. The molecule has 1 saturated carbocycles. The van der Waals surface area contributed by atoms with Gasteiger partial charge in [-0.1, -0.05) is 12.8 Å². The van der Waals surface area contributed by atoms with Gasteiger partial charge in [0.25, 0.3) is 0 Å². The molecule has 2 rings (SSSR count). The molecule has 0 radical (unpaired) electrons. The van der Waals surface area contributed by atoms with Gasteiger partial charge in [0.1, 0.15) is 0 Å². The summed E-state index contributed by atoms with van der Waals surface area (Å²) in [5.74, 6) is 0.871. The van der Waals surface area contributed by atoms with Crippen LogP contribution in [0.1, 0.15) is 31.2 Å². The summed E-state index contributed by atoms with van der Waals surface area (Å²) in [4.78, 5) is 0. The van der Waals surface area contributed by atoms with Gasteiger partial charge < -0.3 is 5.32 Å². The Bertz CT molecular complexity index is 300. The lowest BCUT2D eigenvalue weighted by atomic mass is 9.93. The molecule has 0 amide bonds. The van der Waals surface area contributed by atoms with Crippen LogP contribution < -0.4 is 5.32 Å². The van der Waals surface area contributed by atoms with E-state index in [4.69, 9.17) is 0 Å². The van der Waals surface area contributed by atoms with Crippen LogP contribution in [-0.4, -0.2) is 22.9 Å². The van der Waals surface area contributed by atoms with Gasteiger partial charge in [-0.05, 0) is 37.8 Å². The first-order chi connectivity index (χ1) is 7.29. The molecule has 0 aliphatic heterocycles. The Morgan fingerprint density at radius 3 is 2.80 bits per heavy atom. The quantitative estimate of drug-likeness (QED) is 0.815. The van der Waals surface area contributed by atoms with E-state index in [0.717, 1.165) is 12.3 Å². The third-order valence-corrected chi connectivity index (χ3v) is 3.55. The van der Waals surface area contributed by atoms with E-state index in [-0.39, 0.29) is 0 Å². The van der Waals surface area contributed by atoms with Gasteiger partial charge in [-0.25, -0.2) is 0 Å². The number of nitrogens with zero attached hydrogens (tertiary/aromatic N) is 2. The average Bonchev–Trinajstić information content (AvgIpc) is 2.85. The molecule has 1 N–H and O–H groups in total. The summed E-state index contributed by atoms with van der Waals surface area (Å²) in [7, 11) is 4.06. The standard InChI is InChI=1S/C12H21N3/c1-13-12(11-5-3-4-6-11)7-10-8-14-15(2)9-10/h8-9,11-13H,3-7H2,1-2H3. The smallest absolute Gasteiger partial charge is 0.0522 e. The third kappa shape index (κ3) is 2.59. The van der Waals surface area contributed by atoms with E-state index in [2.05, 4.69) is 23.7 Å². The minimum atomic E-state index is 0.636. The van der Waals surface area contributed by atoms with Gasteiger partial charge in [0, 0.05) is 19.3 Å². The maximum Gasteiger partial charge on any atom is 0.0522 e. The fourth-order valence-corrected chi connectivity index (χ4v) is 2.70. The summed E-state index contributed by atoms with van der Waals surface area (Å²) in [6, 6.07) is 0.636. The maximum absolute atomic E-state index is 4.22. The normalized spacial score (nSPS) is 19.6. The Hall–Kier alpha value is -0.830. The summed E-state index contributed by atoms with van der Waals surface area (Å²) < 4.78 is 1.89. The summed E-state index contributed by atoms with van der Waals surface area (Å²) in [5.41, 5.74) is 1.35. The van der Waals surface area contributed by atoms with Crippen LogP contribution in [0, 0.1) is 5.92 Å². The van der Waals surface area contributed by atoms with Crippen molar-refractivity contribution < 1.29 is 0 Å². The van der Waals surface area contributed by atoms with Gasteiger partial charge in [-0.15, -0.1) is 0 Å². The molecule has 15 heavy (non-hydrogen) atoms. The van der Waals surface area contributed by atoms with E-state index in [1.165, 1.54) is 31.2 Å². The molecular weight excluding hydrogens is 186 g/mol. The van der Waals surface area contributed by atoms with E-state index < -0.39 is 0 Å². The average molecular weight is 207 g/mol. The van der Waals surface area contributed by atoms with Crippen molar-refractivity contribution in [2.45, 2.75) is 38.1 Å². The largest absolute Gasteiger partial charge is 0.316 e. The van der Waals surface area contributed by atoms with Crippen molar-refractivity contribution in [3.63, 3.8) is 0 Å². The predicted octanol–water partition coefficient (Wildman–Crippen LogP) is 1.74. The summed E-state index contributed by atoms with van der Waals surface area (Å²) in [6.07, 6.45) is 10.8. The zero-order valence-corrected chi connectivity index (χ0v) is 9.74. The van der Waals surface area contributed by atoms with Crippen molar-refractivity contribution in [1.82, 2.24) is 15.1 Å². The minimum Gasteiger partial charge on any atom is -0.316 e. The lowest BCUT2D eigenvalue weighted by molar-refractivity contribution is 0.377. The summed E-state index contributed by atoms with van der Waals surface area (Å²) >= 11 is 0. The number of likely N-dealkylation sites (N-methyl/N-ethyl adjacent to an activating group) is 1. The molecule has 0 aromatic carbocycles. The van der Waals surface area contributed by atoms with Gasteiger partial charge in [-0.2, -0.15) is 5.10 Å². The first-order valence-electron chi connectivity index (χ1n) is 5.94. The zero-order valence-electron chi connectivity index (χ0n) is 9.74. The maximum atomic E-state index is 4.22. The number of rotatable bonds is 4. The molecule has 1 aromatic rings. The molecule has 1 aromatic heterocycles. The Morgan fingerprint density at radius 1 is 1.53 bits per heavy atom. The molecule has 3 nitrogen and oxygen atoms in total. The fraction of sp³-hybridized carbons (Fsp3) is 0.750. The van der Waals surface area contributed by atoms with Gasteiger partial charge in [0.2, 0.25) is 0 Å². The molecular formula is C12H21N3. The molecule has 3 heteroatoms. The first kappa shape index (κ1) is 10.7. The van der Waals surface area contributed by atoms with Crippen LogP contribution in [-0.2, 0) is 13.5 Å². The molecule has 1 aliphatic carbocycles. The van der Waals surface area contributed by atoms with Gasteiger partial charge in [0.05, 0.1) is 6.20 Å². The monoisotopic (exact) mass is 207 g/mol. The van der Waals surface area contributed by atoms with Crippen molar-refractivity contribution in [2.75, 3.05) is 7.05 Å². The number of aryl methyl sites for hydroxylation is 1. The number of hydrogen-bond acceptors (Lipinski definition) is 2. The molecule has 1 heterocycles. The first-order valence-corrected chi connectivity index (χ1v) is 5.94. The van der Waals surface area contributed by atoms with Crippen molar-refractivity contribution in [2.24, 2.45) is 13.0 Å². The Labute approximate surface area is 91.9 Å². The van der Waals surface area contributed by atoms with Crippen LogP contribution in [0.4, 0.5) is 0 Å². The molecule has 0 spiro atoms. The van der Waals surface area contributed by atoms with Crippen molar-refractivity contribution in [3.05, 3.63) is 18.0 Å². The molecule has 1 fully saturated rings. The minimum absolute atomic E-state index is 0.636. The van der Waals surface area contributed by atoms with E-state index in [1.807, 2.05) is 17.9 Å². The third-order valence-electron chi connectivity index (χ3n) is 3.55. The molecule has 0 bridgehead atoms. The fourth-order valence-electron chi connectivity index (χ4n) is 2.70. The molecule has 1 aliphatic rings. The van der Waals surface area contributed by atoms with Crippen LogP contribution in [0.25, 0.3) is 0 Å². The number of hydrogen-bond donors (Lipinski definition) is 1. The summed E-state index contributed by atoms with van der Waals surface area (Å²) in [6.45, 7) is 0. The highest BCUT2D eigenvalue weighted by molar-refractivity contribution is 5.06. The lowest BCUT2D eigenvalue weighted by Crippen LogP contribution is -2.34. The van der Waals surface area contributed by atoms with Gasteiger partial charge in [0.15, 0.2) is 0 Å². The SMILES string of the molecule is CNC(Cc1cnn(C)c1)C1CCCC1. The molecule has 0 saturated heterocycles. The Kier molecular flexibility index (Phi) is 3.41. The Morgan fingerprint density at radius 2 is 2.27 bits per heavy atom. The van der Waals surface area contributed by atoms with Gasteiger partial charge >= 0.3 is 0 Å². The van der Waals surface area contributed by atoms with Crippen LogP contribution in [0.5, 0.6) is 0 Å². The van der Waals surface area contributed by atoms with E-state index >= 15 is 0 Å². The second kappa shape index (κ2) is 4.79. The second-order valence-corrected chi connectivity index (χ2v) is 4.67. The summed E-state index contributed by atoms with van der Waals surface area (Å²) in [5, 5.41) is 7.68. The van der Waals surface area contributed by atoms with E-state index in [1.54, 1.807) is 0 Å². The van der Waals surface area contributed by atoms with Crippen molar-refractivity contribution in [1.29, 1.82) is 0 Å². The van der Waals surface area contributed by atoms with Crippen LogP contribution in [0.3, 0.4) is 0 Å². The van der Waals surface area contributed by atoms with Crippen molar-refractivity contribution >= 4 is 0 Å². The van der Waals surface area contributed by atoms with E-state index in [0.29, 0.717) is 6.04 Å². The highest BCUT2D eigenvalue weighted by atomic mass is 15.2. The lowest BCUT2D eigenvalue weighted by Gasteiger charge is -2.22. The number of aromatic nitrogens is 2. The topological polar surface area (TPSA) is 29.9 Å². The Balaban J connectivity index is 1.95.